The first-order valence-corrected chi connectivity index (χ1v) is 28.2. The molecule has 1 aliphatic rings. The van der Waals surface area contributed by atoms with Crippen LogP contribution in [0, 0.1) is 28.6 Å². The summed E-state index contributed by atoms with van der Waals surface area (Å²) in [7, 11) is -4.19. The molecule has 1 saturated carbocycles. The fourth-order valence-corrected chi connectivity index (χ4v) is 9.61. The lowest BCUT2D eigenvalue weighted by Gasteiger charge is -2.46. The normalized spacial score (nSPS) is 22.3. The van der Waals surface area contributed by atoms with Crippen LogP contribution in [0.2, 0.25) is 61.9 Å². The topological polar surface area (TPSA) is 71.1 Å². The van der Waals surface area contributed by atoms with Gasteiger partial charge in [0.1, 0.15) is 5.78 Å². The molecule has 0 saturated heterocycles. The quantitative estimate of drug-likeness (QED) is 0.0706. The van der Waals surface area contributed by atoms with Gasteiger partial charge in [0.2, 0.25) is 0 Å². The molecule has 1 rings (SSSR count). The Morgan fingerprint density at radius 3 is 1.88 bits per heavy atom. The van der Waals surface area contributed by atoms with Crippen LogP contribution in [0.3, 0.4) is 0 Å². The second-order valence-electron chi connectivity index (χ2n) is 20.2. The van der Waals surface area contributed by atoms with E-state index in [1.54, 1.807) is 7.11 Å². The van der Waals surface area contributed by atoms with E-state index in [1.807, 2.05) is 20.1 Å². The highest BCUT2D eigenvalue weighted by Gasteiger charge is 2.51. The number of esters is 1. The average Bonchev–Trinajstić information content (AvgIpc) is 3.55. The van der Waals surface area contributed by atoms with Gasteiger partial charge in [-0.25, -0.2) is 0 Å². The number of ketones is 1. The number of ether oxygens (including phenoxy) is 2. The van der Waals surface area contributed by atoms with E-state index in [4.69, 9.17) is 18.3 Å². The van der Waals surface area contributed by atoms with E-state index in [0.29, 0.717) is 17.9 Å². The fraction of sp³-hybridized carbons (Fsp3) is 0.897. The molecule has 0 bridgehead atoms. The summed E-state index contributed by atoms with van der Waals surface area (Å²) in [6.45, 7) is 40.3. The SMILES string of the molecule is CO/C=C\[C@@H]1C[C@@]1(C)CCC[C@H](C)[C@H](O[Si](C)(C)C(C)(C)C)[C@@H](C)C(=O)C(C)(C)[C@H](CC(=O)OCC[Si](C)(C)C)O[Si](C)(C)C(C)(C)C. The summed E-state index contributed by atoms with van der Waals surface area (Å²) in [5.41, 5.74) is -0.587. The zero-order valence-electron chi connectivity index (χ0n) is 34.9. The first-order valence-electron chi connectivity index (χ1n) is 18.7. The van der Waals surface area contributed by atoms with Crippen LogP contribution in [-0.2, 0) is 27.9 Å². The van der Waals surface area contributed by atoms with Crippen LogP contribution in [0.5, 0.6) is 0 Å². The Morgan fingerprint density at radius 2 is 1.40 bits per heavy atom. The Labute approximate surface area is 300 Å². The standard InChI is InChI=1S/C39H78O6Si3/c1-29(21-20-23-39(11)28-31(39)22-24-42-12)34(45-48(18,19)37(6,7)8)30(2)35(41)38(9,10)32(44-47(16,17)36(3,4)5)27-33(40)43-25-26-46(13,14)15/h22,24,29-32,34H,20-21,23,25-28H2,1-19H3/b24-22-/t29-,30+,31+,32-,34-,39+/m0/s1. The molecular formula is C39H78O6Si3. The van der Waals surface area contributed by atoms with Crippen molar-refractivity contribution in [3.8, 4) is 0 Å². The molecular weight excluding hydrogens is 649 g/mol. The molecule has 6 nitrogen and oxygen atoms in total. The number of hydrogen-bond acceptors (Lipinski definition) is 6. The van der Waals surface area contributed by atoms with Gasteiger partial charge in [0.25, 0.3) is 0 Å². The maximum absolute atomic E-state index is 14.8. The zero-order chi connectivity index (χ0) is 37.7. The van der Waals surface area contributed by atoms with Crippen molar-refractivity contribution in [2.45, 2.75) is 182 Å². The van der Waals surface area contributed by atoms with Crippen LogP contribution in [0.25, 0.3) is 0 Å². The molecule has 1 aliphatic carbocycles. The maximum atomic E-state index is 14.8. The highest BCUT2D eigenvalue weighted by molar-refractivity contribution is 6.76. The molecule has 0 aromatic carbocycles. The lowest BCUT2D eigenvalue weighted by Crippen LogP contribution is -2.54. The van der Waals surface area contributed by atoms with Crippen molar-refractivity contribution in [1.82, 2.24) is 0 Å². The van der Waals surface area contributed by atoms with Crippen molar-refractivity contribution in [2.75, 3.05) is 13.7 Å². The molecule has 6 atom stereocenters. The van der Waals surface area contributed by atoms with Crippen LogP contribution >= 0.6 is 0 Å². The van der Waals surface area contributed by atoms with Gasteiger partial charge in [-0.2, -0.15) is 0 Å². The summed E-state index contributed by atoms with van der Waals surface area (Å²) in [6, 6.07) is 0.917. The number of Topliss-reactive ketones (excluding diaryl/α,β-unsaturated/α-hetero) is 1. The number of methoxy groups -OCH3 is 1. The highest BCUT2D eigenvalue weighted by Crippen LogP contribution is 2.56. The summed E-state index contributed by atoms with van der Waals surface area (Å²) >= 11 is 0. The molecule has 0 amide bonds. The van der Waals surface area contributed by atoms with Gasteiger partial charge in [-0.05, 0) is 84.9 Å². The van der Waals surface area contributed by atoms with Crippen molar-refractivity contribution in [1.29, 1.82) is 0 Å². The molecule has 0 aromatic rings. The molecule has 0 aromatic heterocycles. The Balaban J connectivity index is 3.36. The van der Waals surface area contributed by atoms with Gasteiger partial charge in [0.15, 0.2) is 16.6 Å². The van der Waals surface area contributed by atoms with Crippen molar-refractivity contribution < 1.29 is 27.9 Å². The second kappa shape index (κ2) is 16.7. The smallest absolute Gasteiger partial charge is 0.308 e. The molecule has 9 heteroatoms. The third kappa shape index (κ3) is 13.1. The van der Waals surface area contributed by atoms with E-state index >= 15 is 0 Å². The Kier molecular flexibility index (Phi) is 15.8. The van der Waals surface area contributed by atoms with E-state index in [9.17, 15) is 9.59 Å². The summed E-state index contributed by atoms with van der Waals surface area (Å²) in [5, 5.41) is -0.0594. The zero-order valence-corrected chi connectivity index (χ0v) is 37.9. The summed E-state index contributed by atoms with van der Waals surface area (Å²) < 4.78 is 25.1. The van der Waals surface area contributed by atoms with E-state index in [-0.39, 0.29) is 46.2 Å². The molecule has 0 unspecified atom stereocenters. The molecule has 0 heterocycles. The van der Waals surface area contributed by atoms with Gasteiger partial charge in [-0.1, -0.05) is 102 Å². The first kappa shape index (κ1) is 45.3. The number of carbonyl (C=O) groups is 2. The molecule has 1 fully saturated rings. The fourth-order valence-electron chi connectivity index (χ4n) is 5.98. The van der Waals surface area contributed by atoms with Gasteiger partial charge in [0.05, 0.1) is 38.6 Å². The lowest BCUT2D eigenvalue weighted by atomic mass is 9.73. The van der Waals surface area contributed by atoms with Gasteiger partial charge in [-0.15, -0.1) is 0 Å². The molecule has 0 radical (unpaired) electrons. The van der Waals surface area contributed by atoms with Crippen LogP contribution in [0.4, 0.5) is 0 Å². The van der Waals surface area contributed by atoms with Crippen molar-refractivity contribution in [2.24, 2.45) is 28.6 Å². The minimum atomic E-state index is -2.33. The van der Waals surface area contributed by atoms with E-state index in [1.165, 1.54) is 6.42 Å². The van der Waals surface area contributed by atoms with E-state index in [0.717, 1.165) is 25.3 Å². The van der Waals surface area contributed by atoms with Crippen molar-refractivity contribution >= 4 is 36.5 Å². The molecule has 0 spiro atoms. The predicted octanol–water partition coefficient (Wildman–Crippen LogP) is 11.3. The third-order valence-corrected chi connectivity index (χ3v) is 22.8. The largest absolute Gasteiger partial charge is 0.505 e. The highest BCUT2D eigenvalue weighted by atomic mass is 28.4. The predicted molar refractivity (Wildman–Crippen MR) is 211 cm³/mol. The molecule has 48 heavy (non-hydrogen) atoms. The Morgan fingerprint density at radius 1 is 0.875 bits per heavy atom. The number of carbonyl (C=O) groups excluding carboxylic acids is 2. The van der Waals surface area contributed by atoms with Gasteiger partial charge in [-0.3, -0.25) is 9.59 Å². The molecule has 282 valence electrons. The summed E-state index contributed by atoms with van der Waals surface area (Å²) in [6.07, 6.45) is 7.73. The van der Waals surface area contributed by atoms with E-state index < -0.39 is 36.2 Å². The minimum Gasteiger partial charge on any atom is -0.505 e. The molecule has 0 aliphatic heterocycles. The lowest BCUT2D eigenvalue weighted by molar-refractivity contribution is -0.150. The van der Waals surface area contributed by atoms with Crippen molar-refractivity contribution in [3.05, 3.63) is 12.3 Å². The van der Waals surface area contributed by atoms with Gasteiger partial charge >= 0.3 is 5.97 Å². The van der Waals surface area contributed by atoms with Gasteiger partial charge < -0.3 is 18.3 Å². The Bertz CT molecular complexity index is 1080. The number of allylic oxidation sites excluding steroid dienone is 1. The van der Waals surface area contributed by atoms with Crippen LogP contribution in [0.1, 0.15) is 108 Å². The summed E-state index contributed by atoms with van der Waals surface area (Å²) in [4.78, 5) is 28.2. The molecule has 0 N–H and O–H groups in total. The second-order valence-corrected chi connectivity index (χ2v) is 35.4. The average molecular weight is 727 g/mol. The number of hydrogen-bond donors (Lipinski definition) is 0. The monoisotopic (exact) mass is 727 g/mol. The van der Waals surface area contributed by atoms with Crippen LogP contribution < -0.4 is 0 Å². The minimum absolute atomic E-state index is 0.0132. The Hall–Kier alpha value is -0.749. The number of rotatable bonds is 20. The first-order chi connectivity index (χ1) is 21.4. The van der Waals surface area contributed by atoms with Crippen LogP contribution in [-0.4, -0.2) is 62.4 Å². The maximum Gasteiger partial charge on any atom is 0.308 e. The van der Waals surface area contributed by atoms with Crippen molar-refractivity contribution in [3.63, 3.8) is 0 Å². The van der Waals surface area contributed by atoms with Crippen LogP contribution in [0.15, 0.2) is 12.3 Å². The van der Waals surface area contributed by atoms with Gasteiger partial charge in [0, 0.05) is 19.4 Å². The third-order valence-electron chi connectivity index (χ3n) is 12.1. The summed E-state index contributed by atoms with van der Waals surface area (Å²) in [5.74, 6) is 0.256. The van der Waals surface area contributed by atoms with E-state index in [2.05, 4.69) is 114 Å².